The third-order valence-electron chi connectivity index (χ3n) is 4.61. The lowest BCUT2D eigenvalue weighted by Crippen LogP contribution is -2.50. The van der Waals surface area contributed by atoms with Gasteiger partial charge in [0.25, 0.3) is 5.91 Å². The van der Waals surface area contributed by atoms with Crippen LogP contribution in [0.15, 0.2) is 42.5 Å². The number of amides is 3. The van der Waals surface area contributed by atoms with Crippen LogP contribution in [0.2, 0.25) is 5.02 Å². The van der Waals surface area contributed by atoms with Crippen molar-refractivity contribution in [2.24, 2.45) is 0 Å². The molecule has 2 N–H and O–H groups in total. The maximum atomic E-state index is 14.0. The smallest absolute Gasteiger partial charge is 0.323 e. The molecule has 27 heavy (non-hydrogen) atoms. The zero-order valence-electron chi connectivity index (χ0n) is 14.7. The molecule has 2 aliphatic heterocycles. The van der Waals surface area contributed by atoms with Gasteiger partial charge in [0.1, 0.15) is 5.82 Å². The van der Waals surface area contributed by atoms with E-state index in [0.29, 0.717) is 22.8 Å². The van der Waals surface area contributed by atoms with Gasteiger partial charge in [-0.05, 0) is 44.2 Å². The number of urea groups is 1. The molecule has 2 heterocycles. The van der Waals surface area contributed by atoms with Crippen LogP contribution in [0.4, 0.5) is 20.6 Å². The molecule has 2 aliphatic rings. The highest BCUT2D eigenvalue weighted by molar-refractivity contribution is 8.02. The van der Waals surface area contributed by atoms with Crippen molar-refractivity contribution in [3.05, 3.63) is 58.9 Å². The molecule has 3 amide bonds. The lowest BCUT2D eigenvalue weighted by atomic mass is 10.0. The molecular weight excluding hydrogens is 389 g/mol. The first kappa shape index (κ1) is 18.1. The minimum absolute atomic E-state index is 0.0667. The van der Waals surface area contributed by atoms with Crippen LogP contribution < -0.4 is 10.6 Å². The van der Waals surface area contributed by atoms with Gasteiger partial charge < -0.3 is 10.6 Å². The number of para-hydroxylation sites is 1. The predicted octanol–water partition coefficient (Wildman–Crippen LogP) is 4.64. The summed E-state index contributed by atoms with van der Waals surface area (Å²) in [5.74, 6) is -0.843. The van der Waals surface area contributed by atoms with Gasteiger partial charge in [-0.25, -0.2) is 9.18 Å². The Morgan fingerprint density at radius 3 is 2.78 bits per heavy atom. The Labute approximate surface area is 165 Å². The van der Waals surface area contributed by atoms with Crippen molar-refractivity contribution in [1.29, 1.82) is 0 Å². The second kappa shape index (κ2) is 6.14. The number of hydrogen-bond donors (Lipinski definition) is 2. The molecule has 0 radical (unpaired) electrons. The Hall–Kier alpha value is -2.25. The van der Waals surface area contributed by atoms with E-state index >= 15 is 0 Å². The molecule has 0 aromatic heterocycles. The number of fused-ring (bicyclic) bond motifs is 2. The van der Waals surface area contributed by atoms with Crippen molar-refractivity contribution < 1.29 is 14.0 Å². The van der Waals surface area contributed by atoms with Crippen molar-refractivity contribution in [2.45, 2.75) is 23.5 Å². The van der Waals surface area contributed by atoms with E-state index in [0.717, 1.165) is 0 Å². The fourth-order valence-electron chi connectivity index (χ4n) is 3.54. The molecule has 1 spiro atoms. The molecule has 0 aliphatic carbocycles. The number of halogens is 2. The monoisotopic (exact) mass is 405 g/mol. The molecule has 2 aromatic carbocycles. The largest absolute Gasteiger partial charge is 0.323 e. The van der Waals surface area contributed by atoms with Crippen molar-refractivity contribution in [2.75, 3.05) is 17.2 Å². The quantitative estimate of drug-likeness (QED) is 0.726. The van der Waals surface area contributed by atoms with Crippen LogP contribution >= 0.6 is 23.4 Å². The van der Waals surface area contributed by atoms with Gasteiger partial charge in [0.2, 0.25) is 0 Å². The fourth-order valence-corrected chi connectivity index (χ4v) is 5.39. The molecule has 1 fully saturated rings. The van der Waals surface area contributed by atoms with Crippen molar-refractivity contribution in [3.8, 4) is 0 Å². The topological polar surface area (TPSA) is 61.4 Å². The van der Waals surface area contributed by atoms with E-state index < -0.39 is 16.7 Å². The average Bonchev–Trinajstić information content (AvgIpc) is 3.04. The van der Waals surface area contributed by atoms with E-state index in [1.165, 1.54) is 28.8 Å². The molecule has 4 rings (SSSR count). The summed E-state index contributed by atoms with van der Waals surface area (Å²) in [5.41, 5.74) is 1.33. The van der Waals surface area contributed by atoms with Crippen LogP contribution in [0, 0.1) is 5.82 Å². The molecule has 8 heteroatoms. The number of nitrogens with zero attached hydrogens (tertiary/aromatic N) is 1. The van der Waals surface area contributed by atoms with Gasteiger partial charge >= 0.3 is 6.03 Å². The van der Waals surface area contributed by atoms with Gasteiger partial charge in [0.05, 0.1) is 5.69 Å². The molecule has 0 saturated carbocycles. The van der Waals surface area contributed by atoms with Crippen molar-refractivity contribution >= 4 is 46.7 Å². The van der Waals surface area contributed by atoms with Gasteiger partial charge in [0.15, 0.2) is 4.87 Å². The van der Waals surface area contributed by atoms with Crippen LogP contribution in [0.5, 0.6) is 0 Å². The lowest BCUT2D eigenvalue weighted by Gasteiger charge is -2.32. The highest BCUT2D eigenvalue weighted by Crippen LogP contribution is 2.58. The summed E-state index contributed by atoms with van der Waals surface area (Å²) >= 11 is 7.55. The van der Waals surface area contributed by atoms with Gasteiger partial charge in [0, 0.05) is 27.6 Å². The number of thioether (sulfide) groups is 1. The summed E-state index contributed by atoms with van der Waals surface area (Å²) < 4.78 is 13.6. The first-order valence-electron chi connectivity index (χ1n) is 8.38. The van der Waals surface area contributed by atoms with E-state index in [2.05, 4.69) is 10.6 Å². The van der Waals surface area contributed by atoms with Gasteiger partial charge in [-0.3, -0.25) is 9.69 Å². The Kier molecular flexibility index (Phi) is 4.12. The minimum Gasteiger partial charge on any atom is -0.323 e. The third kappa shape index (κ3) is 2.85. The molecular formula is C19H17ClFN3O2S. The molecule has 140 valence electrons. The zero-order chi connectivity index (χ0) is 19.4. The molecule has 1 atom stereocenters. The number of carbonyl (C=O) groups excluding carboxylic acids is 2. The Morgan fingerprint density at radius 1 is 1.30 bits per heavy atom. The molecule has 0 bridgehead atoms. The zero-order valence-corrected chi connectivity index (χ0v) is 16.2. The minimum atomic E-state index is -1.25. The first-order valence-corrected chi connectivity index (χ1v) is 9.57. The van der Waals surface area contributed by atoms with E-state index in [4.69, 9.17) is 11.6 Å². The summed E-state index contributed by atoms with van der Waals surface area (Å²) in [7, 11) is 0. The molecule has 1 saturated heterocycles. The Morgan fingerprint density at radius 2 is 2.04 bits per heavy atom. The second-order valence-corrected chi connectivity index (χ2v) is 9.48. The van der Waals surface area contributed by atoms with Gasteiger partial charge in [-0.1, -0.05) is 23.7 Å². The number of rotatable bonds is 1. The third-order valence-corrected chi connectivity index (χ3v) is 6.44. The Bertz CT molecular complexity index is 968. The van der Waals surface area contributed by atoms with Gasteiger partial charge in [-0.15, -0.1) is 11.8 Å². The van der Waals surface area contributed by atoms with Crippen LogP contribution in [0.25, 0.3) is 0 Å². The number of benzene rings is 2. The summed E-state index contributed by atoms with van der Waals surface area (Å²) in [6.07, 6.45) is 0. The first-order chi connectivity index (χ1) is 12.7. The summed E-state index contributed by atoms with van der Waals surface area (Å²) in [4.78, 5) is 26.3. The fraction of sp³-hybridized carbons (Fsp3) is 0.263. The molecule has 0 unspecified atom stereocenters. The van der Waals surface area contributed by atoms with E-state index in [-0.39, 0.29) is 16.3 Å². The van der Waals surface area contributed by atoms with Gasteiger partial charge in [-0.2, -0.15) is 0 Å². The maximum absolute atomic E-state index is 14.0. The van der Waals surface area contributed by atoms with E-state index in [9.17, 15) is 14.0 Å². The average molecular weight is 406 g/mol. The summed E-state index contributed by atoms with van der Waals surface area (Å²) in [6, 6.07) is 10.5. The van der Waals surface area contributed by atoms with Crippen LogP contribution in [-0.2, 0) is 9.67 Å². The van der Waals surface area contributed by atoms with E-state index in [1.54, 1.807) is 30.3 Å². The van der Waals surface area contributed by atoms with Crippen LogP contribution in [0.1, 0.15) is 19.4 Å². The highest BCUT2D eigenvalue weighted by atomic mass is 35.5. The summed E-state index contributed by atoms with van der Waals surface area (Å²) in [5, 5.41) is 5.91. The predicted molar refractivity (Wildman–Crippen MR) is 106 cm³/mol. The number of anilines is 2. The summed E-state index contributed by atoms with van der Waals surface area (Å²) in [6.45, 7) is 4.24. The van der Waals surface area contributed by atoms with Crippen LogP contribution in [0.3, 0.4) is 0 Å². The SMILES string of the molecule is CC1(C)CN(C(=O)Nc2ccccc2F)[C@]2(S1)C(=O)Nc1ccc(Cl)cc12. The van der Waals surface area contributed by atoms with E-state index in [1.807, 2.05) is 13.8 Å². The molecule has 2 aromatic rings. The molecule has 5 nitrogen and oxygen atoms in total. The number of nitrogens with one attached hydrogen (secondary N) is 2. The second-order valence-electron chi connectivity index (χ2n) is 7.15. The van der Waals surface area contributed by atoms with Crippen molar-refractivity contribution in [3.63, 3.8) is 0 Å². The number of hydrogen-bond acceptors (Lipinski definition) is 3. The maximum Gasteiger partial charge on any atom is 0.323 e. The number of carbonyl (C=O) groups is 2. The van der Waals surface area contributed by atoms with Crippen LogP contribution in [-0.4, -0.2) is 28.1 Å². The Balaban J connectivity index is 1.78. The normalized spacial score (nSPS) is 22.7. The lowest BCUT2D eigenvalue weighted by molar-refractivity contribution is -0.121. The standard InChI is InChI=1S/C19H17ClFN3O2S/c1-18(2)10-24(17(26)23-15-6-4-3-5-13(15)21)19(27-18)12-9-11(20)7-8-14(12)22-16(19)25/h3-9H,10H2,1-2H3,(H,22,25)(H,23,26)/t19-/m1/s1. The highest BCUT2D eigenvalue weighted by Gasteiger charge is 2.61. The van der Waals surface area contributed by atoms with Crippen molar-refractivity contribution in [1.82, 2.24) is 4.90 Å².